The molecule has 5 heteroatoms. The van der Waals surface area contributed by atoms with E-state index in [4.69, 9.17) is 15.7 Å². The van der Waals surface area contributed by atoms with Crippen molar-refractivity contribution in [2.24, 2.45) is 0 Å². The van der Waals surface area contributed by atoms with Gasteiger partial charge in [-0.05, 0) is 24.3 Å². The molecule has 0 bridgehead atoms. The SMILES string of the molecule is COc1ccc(-c2nc(N)c(C#N)[nH]2)cc1. The number of nitrogens with zero attached hydrogens (tertiary/aromatic N) is 2. The number of nitrogens with two attached hydrogens (primary N) is 1. The maximum absolute atomic E-state index is 8.74. The van der Waals surface area contributed by atoms with Crippen LogP contribution in [0.4, 0.5) is 5.82 Å². The van der Waals surface area contributed by atoms with E-state index in [1.54, 1.807) is 7.11 Å². The van der Waals surface area contributed by atoms with Crippen LogP contribution in [0.5, 0.6) is 5.75 Å². The summed E-state index contributed by atoms with van der Waals surface area (Å²) in [7, 11) is 1.60. The van der Waals surface area contributed by atoms with Crippen LogP contribution in [0.1, 0.15) is 5.69 Å². The maximum Gasteiger partial charge on any atom is 0.161 e. The van der Waals surface area contributed by atoms with Crippen molar-refractivity contribution < 1.29 is 4.74 Å². The Morgan fingerprint density at radius 2 is 2.06 bits per heavy atom. The van der Waals surface area contributed by atoms with Gasteiger partial charge in [-0.25, -0.2) is 4.98 Å². The number of methoxy groups -OCH3 is 1. The van der Waals surface area contributed by atoms with Crippen molar-refractivity contribution in [3.8, 4) is 23.2 Å². The summed E-state index contributed by atoms with van der Waals surface area (Å²) in [5.41, 5.74) is 6.69. The van der Waals surface area contributed by atoms with Gasteiger partial charge < -0.3 is 15.5 Å². The molecule has 0 atom stereocenters. The summed E-state index contributed by atoms with van der Waals surface area (Å²) in [5.74, 6) is 1.56. The molecule has 0 amide bonds. The Balaban J connectivity index is 2.39. The molecular formula is C11H10N4O. The number of aromatic nitrogens is 2. The van der Waals surface area contributed by atoms with Crippen LogP contribution in [-0.2, 0) is 0 Å². The zero-order valence-corrected chi connectivity index (χ0v) is 8.69. The number of nitrogens with one attached hydrogen (secondary N) is 1. The fourth-order valence-electron chi connectivity index (χ4n) is 1.36. The lowest BCUT2D eigenvalue weighted by Crippen LogP contribution is -1.87. The third-order valence-electron chi connectivity index (χ3n) is 2.21. The summed E-state index contributed by atoms with van der Waals surface area (Å²) in [6, 6.07) is 9.27. The van der Waals surface area contributed by atoms with E-state index in [0.29, 0.717) is 5.82 Å². The van der Waals surface area contributed by atoms with Crippen molar-refractivity contribution in [2.75, 3.05) is 12.8 Å². The van der Waals surface area contributed by atoms with E-state index in [0.717, 1.165) is 11.3 Å². The Bertz CT molecular complexity index is 536. The van der Waals surface area contributed by atoms with Crippen LogP contribution in [-0.4, -0.2) is 17.1 Å². The van der Waals surface area contributed by atoms with Gasteiger partial charge in [0, 0.05) is 5.56 Å². The molecule has 0 aliphatic carbocycles. The number of rotatable bonds is 2. The number of hydrogen-bond donors (Lipinski definition) is 2. The average Bonchev–Trinajstić information content (AvgIpc) is 2.71. The fourth-order valence-corrected chi connectivity index (χ4v) is 1.36. The van der Waals surface area contributed by atoms with Crippen LogP contribution < -0.4 is 10.5 Å². The number of hydrogen-bond acceptors (Lipinski definition) is 4. The van der Waals surface area contributed by atoms with E-state index in [1.165, 1.54) is 0 Å². The lowest BCUT2D eigenvalue weighted by molar-refractivity contribution is 0.415. The van der Waals surface area contributed by atoms with E-state index in [-0.39, 0.29) is 11.5 Å². The number of benzene rings is 1. The summed E-state index contributed by atoms with van der Waals surface area (Å²) in [6.45, 7) is 0. The molecule has 3 N–H and O–H groups in total. The molecule has 80 valence electrons. The van der Waals surface area contributed by atoms with Gasteiger partial charge in [-0.1, -0.05) is 0 Å². The molecule has 0 aliphatic heterocycles. The summed E-state index contributed by atoms with van der Waals surface area (Å²) in [5, 5.41) is 8.74. The van der Waals surface area contributed by atoms with Crippen molar-refractivity contribution in [3.63, 3.8) is 0 Å². The Labute approximate surface area is 92.5 Å². The van der Waals surface area contributed by atoms with Gasteiger partial charge in [0.1, 0.15) is 17.6 Å². The Morgan fingerprint density at radius 1 is 1.38 bits per heavy atom. The van der Waals surface area contributed by atoms with Gasteiger partial charge in [0.05, 0.1) is 7.11 Å². The van der Waals surface area contributed by atoms with Crippen LogP contribution in [0.25, 0.3) is 11.4 Å². The third kappa shape index (κ3) is 1.68. The number of ether oxygens (including phenoxy) is 1. The standard InChI is InChI=1S/C11H10N4O/c1-16-8-4-2-7(3-5-8)11-14-9(6-12)10(13)15-11/h2-5H,13H2,1H3,(H,14,15). The molecule has 0 radical (unpaired) electrons. The number of aromatic amines is 1. The second kappa shape index (κ2) is 3.95. The van der Waals surface area contributed by atoms with Crippen molar-refractivity contribution in [1.29, 1.82) is 5.26 Å². The molecule has 2 rings (SSSR count). The molecule has 5 nitrogen and oxygen atoms in total. The number of H-pyrrole nitrogens is 1. The van der Waals surface area contributed by atoms with Crippen LogP contribution in [0, 0.1) is 11.3 Å². The Hall–Kier alpha value is -2.48. The number of nitriles is 1. The maximum atomic E-state index is 8.74. The molecule has 1 heterocycles. The summed E-state index contributed by atoms with van der Waals surface area (Å²) in [4.78, 5) is 6.91. The van der Waals surface area contributed by atoms with E-state index in [9.17, 15) is 0 Å². The molecule has 0 unspecified atom stereocenters. The quantitative estimate of drug-likeness (QED) is 0.793. The largest absolute Gasteiger partial charge is 0.497 e. The highest BCUT2D eigenvalue weighted by Crippen LogP contribution is 2.21. The average molecular weight is 214 g/mol. The fraction of sp³-hybridized carbons (Fsp3) is 0.0909. The zero-order valence-electron chi connectivity index (χ0n) is 8.69. The van der Waals surface area contributed by atoms with Gasteiger partial charge >= 0.3 is 0 Å². The molecule has 1 aromatic heterocycles. The number of imidazole rings is 1. The molecule has 2 aromatic rings. The Morgan fingerprint density at radius 3 is 2.56 bits per heavy atom. The number of nitrogen functional groups attached to an aromatic ring is 1. The van der Waals surface area contributed by atoms with Crippen molar-refractivity contribution in [3.05, 3.63) is 30.0 Å². The first-order valence-corrected chi connectivity index (χ1v) is 4.64. The smallest absolute Gasteiger partial charge is 0.161 e. The van der Waals surface area contributed by atoms with E-state index in [2.05, 4.69) is 9.97 Å². The van der Waals surface area contributed by atoms with Gasteiger partial charge in [-0.2, -0.15) is 5.26 Å². The molecule has 0 fully saturated rings. The summed E-state index contributed by atoms with van der Waals surface area (Å²) < 4.78 is 5.05. The van der Waals surface area contributed by atoms with Gasteiger partial charge in [0.2, 0.25) is 0 Å². The zero-order chi connectivity index (χ0) is 11.5. The molecule has 0 saturated heterocycles. The predicted molar refractivity (Wildman–Crippen MR) is 59.7 cm³/mol. The lowest BCUT2D eigenvalue weighted by atomic mass is 10.2. The highest BCUT2D eigenvalue weighted by atomic mass is 16.5. The van der Waals surface area contributed by atoms with E-state index >= 15 is 0 Å². The van der Waals surface area contributed by atoms with E-state index < -0.39 is 0 Å². The summed E-state index contributed by atoms with van der Waals surface area (Å²) in [6.07, 6.45) is 0. The monoisotopic (exact) mass is 214 g/mol. The lowest BCUT2D eigenvalue weighted by Gasteiger charge is -2.00. The van der Waals surface area contributed by atoms with Gasteiger partial charge in [-0.3, -0.25) is 0 Å². The minimum Gasteiger partial charge on any atom is -0.497 e. The minimum atomic E-state index is 0.216. The van der Waals surface area contributed by atoms with E-state index in [1.807, 2.05) is 30.3 Å². The van der Waals surface area contributed by atoms with Gasteiger partial charge in [-0.15, -0.1) is 0 Å². The topological polar surface area (TPSA) is 87.7 Å². The van der Waals surface area contributed by atoms with Crippen LogP contribution in [0.2, 0.25) is 0 Å². The van der Waals surface area contributed by atoms with Gasteiger partial charge in [0.15, 0.2) is 11.5 Å². The summed E-state index contributed by atoms with van der Waals surface area (Å²) >= 11 is 0. The molecule has 0 aliphatic rings. The highest BCUT2D eigenvalue weighted by Gasteiger charge is 2.08. The van der Waals surface area contributed by atoms with Crippen LogP contribution in [0.15, 0.2) is 24.3 Å². The van der Waals surface area contributed by atoms with Crippen molar-refractivity contribution in [2.45, 2.75) is 0 Å². The first-order chi connectivity index (χ1) is 7.74. The second-order valence-corrected chi connectivity index (χ2v) is 3.19. The molecule has 0 saturated carbocycles. The third-order valence-corrected chi connectivity index (χ3v) is 2.21. The van der Waals surface area contributed by atoms with Gasteiger partial charge in [0.25, 0.3) is 0 Å². The highest BCUT2D eigenvalue weighted by molar-refractivity contribution is 5.61. The Kier molecular flexibility index (Phi) is 2.48. The van der Waals surface area contributed by atoms with Crippen molar-refractivity contribution >= 4 is 5.82 Å². The van der Waals surface area contributed by atoms with Crippen LogP contribution in [0.3, 0.4) is 0 Å². The molecule has 0 spiro atoms. The van der Waals surface area contributed by atoms with Crippen molar-refractivity contribution in [1.82, 2.24) is 9.97 Å². The predicted octanol–water partition coefficient (Wildman–Crippen LogP) is 1.54. The van der Waals surface area contributed by atoms with Crippen LogP contribution >= 0.6 is 0 Å². The second-order valence-electron chi connectivity index (χ2n) is 3.19. The molecular weight excluding hydrogens is 204 g/mol. The normalized spacial score (nSPS) is 9.75. The first kappa shape index (κ1) is 10.1. The number of anilines is 1. The first-order valence-electron chi connectivity index (χ1n) is 4.64. The molecule has 1 aromatic carbocycles. The minimum absolute atomic E-state index is 0.216. The molecule has 16 heavy (non-hydrogen) atoms.